The molecule has 18 heavy (non-hydrogen) atoms. The summed E-state index contributed by atoms with van der Waals surface area (Å²) in [6, 6.07) is 6.06. The van der Waals surface area contributed by atoms with Crippen LogP contribution in [0, 0.1) is 0 Å². The van der Waals surface area contributed by atoms with Gasteiger partial charge in [0.15, 0.2) is 0 Å². The molecule has 2 rings (SSSR count). The average Bonchev–Trinajstić information content (AvgIpc) is 2.75. The number of hydrogen-bond acceptors (Lipinski definition) is 2. The van der Waals surface area contributed by atoms with Gasteiger partial charge in [-0.3, -0.25) is 4.68 Å². The van der Waals surface area contributed by atoms with Crippen LogP contribution in [0.15, 0.2) is 37.8 Å². The molecule has 0 saturated heterocycles. The van der Waals surface area contributed by atoms with Gasteiger partial charge in [0.2, 0.25) is 0 Å². The van der Waals surface area contributed by atoms with Gasteiger partial charge in [-0.1, -0.05) is 15.9 Å². The SMILES string of the molecule is CCn1nccc1CNc1c(Br)cc(Br)cc1Br. The van der Waals surface area contributed by atoms with E-state index in [1.807, 2.05) is 29.1 Å². The molecule has 0 fully saturated rings. The smallest absolute Gasteiger partial charge is 0.0632 e. The Morgan fingerprint density at radius 2 is 1.89 bits per heavy atom. The van der Waals surface area contributed by atoms with Crippen LogP contribution >= 0.6 is 47.8 Å². The predicted octanol–water partition coefficient (Wildman–Crippen LogP) is 4.80. The molecule has 0 aliphatic heterocycles. The van der Waals surface area contributed by atoms with Gasteiger partial charge in [-0.2, -0.15) is 5.10 Å². The van der Waals surface area contributed by atoms with Gasteiger partial charge in [0.25, 0.3) is 0 Å². The second kappa shape index (κ2) is 6.21. The van der Waals surface area contributed by atoms with Crippen LogP contribution in [0.1, 0.15) is 12.6 Å². The van der Waals surface area contributed by atoms with Crippen LogP contribution in [0.25, 0.3) is 0 Å². The van der Waals surface area contributed by atoms with Gasteiger partial charge in [-0.25, -0.2) is 0 Å². The number of aryl methyl sites for hydroxylation is 1. The zero-order valence-electron chi connectivity index (χ0n) is 9.75. The first-order valence-electron chi connectivity index (χ1n) is 5.51. The molecule has 0 bridgehead atoms. The minimum atomic E-state index is 0.743. The number of benzene rings is 1. The normalized spacial score (nSPS) is 10.7. The summed E-state index contributed by atoms with van der Waals surface area (Å²) in [4.78, 5) is 0. The molecule has 3 nitrogen and oxygen atoms in total. The van der Waals surface area contributed by atoms with Crippen molar-refractivity contribution in [3.05, 3.63) is 43.5 Å². The fourth-order valence-electron chi connectivity index (χ4n) is 1.68. The Kier molecular flexibility index (Phi) is 4.86. The van der Waals surface area contributed by atoms with Gasteiger partial charge in [-0.15, -0.1) is 0 Å². The van der Waals surface area contributed by atoms with Crippen molar-refractivity contribution < 1.29 is 0 Å². The maximum Gasteiger partial charge on any atom is 0.0632 e. The molecule has 0 saturated carbocycles. The summed E-state index contributed by atoms with van der Waals surface area (Å²) in [7, 11) is 0. The lowest BCUT2D eigenvalue weighted by molar-refractivity contribution is 0.627. The standard InChI is InChI=1S/C12H12Br3N3/c1-2-18-9(3-4-17-18)7-16-12-10(14)5-8(13)6-11(12)15/h3-6,16H,2,7H2,1H3. The fraction of sp³-hybridized carbons (Fsp3) is 0.250. The molecule has 0 atom stereocenters. The van der Waals surface area contributed by atoms with E-state index in [9.17, 15) is 0 Å². The number of nitrogens with zero attached hydrogens (tertiary/aromatic N) is 2. The summed E-state index contributed by atoms with van der Waals surface area (Å²) in [5.41, 5.74) is 2.21. The lowest BCUT2D eigenvalue weighted by Crippen LogP contribution is -2.08. The highest BCUT2D eigenvalue weighted by Crippen LogP contribution is 2.34. The fourth-order valence-corrected chi connectivity index (χ4v) is 4.22. The molecule has 0 radical (unpaired) electrons. The molecule has 2 aromatic rings. The number of aromatic nitrogens is 2. The van der Waals surface area contributed by atoms with E-state index >= 15 is 0 Å². The van der Waals surface area contributed by atoms with Crippen LogP contribution < -0.4 is 5.32 Å². The van der Waals surface area contributed by atoms with Gasteiger partial charge in [0, 0.05) is 26.2 Å². The van der Waals surface area contributed by atoms with Crippen molar-refractivity contribution in [1.82, 2.24) is 9.78 Å². The molecular weight excluding hydrogens is 426 g/mol. The van der Waals surface area contributed by atoms with Crippen LogP contribution in [0.2, 0.25) is 0 Å². The first-order chi connectivity index (χ1) is 8.61. The van der Waals surface area contributed by atoms with Gasteiger partial charge in [0.1, 0.15) is 0 Å². The van der Waals surface area contributed by atoms with Crippen molar-refractivity contribution in [2.45, 2.75) is 20.0 Å². The first-order valence-corrected chi connectivity index (χ1v) is 7.88. The van der Waals surface area contributed by atoms with E-state index in [4.69, 9.17) is 0 Å². The van der Waals surface area contributed by atoms with Crippen molar-refractivity contribution in [3.8, 4) is 0 Å². The minimum Gasteiger partial charge on any atom is -0.378 e. The largest absolute Gasteiger partial charge is 0.378 e. The van der Waals surface area contributed by atoms with Crippen LogP contribution in [0.4, 0.5) is 5.69 Å². The van der Waals surface area contributed by atoms with E-state index in [2.05, 4.69) is 65.1 Å². The lowest BCUT2D eigenvalue weighted by Gasteiger charge is -2.12. The van der Waals surface area contributed by atoms with Gasteiger partial charge >= 0.3 is 0 Å². The van der Waals surface area contributed by atoms with E-state index in [1.54, 1.807) is 0 Å². The Labute approximate surface area is 131 Å². The number of halogens is 3. The van der Waals surface area contributed by atoms with Crippen LogP contribution in [0.3, 0.4) is 0 Å². The predicted molar refractivity (Wildman–Crippen MR) is 84.8 cm³/mol. The minimum absolute atomic E-state index is 0.743. The monoisotopic (exact) mass is 435 g/mol. The highest BCUT2D eigenvalue weighted by Gasteiger charge is 2.07. The van der Waals surface area contributed by atoms with E-state index in [-0.39, 0.29) is 0 Å². The van der Waals surface area contributed by atoms with Crippen LogP contribution in [-0.4, -0.2) is 9.78 Å². The summed E-state index contributed by atoms with van der Waals surface area (Å²) >= 11 is 10.6. The van der Waals surface area contributed by atoms with E-state index < -0.39 is 0 Å². The Morgan fingerprint density at radius 3 is 2.50 bits per heavy atom. The molecule has 0 aliphatic carbocycles. The molecule has 1 N–H and O–H groups in total. The highest BCUT2D eigenvalue weighted by molar-refractivity contribution is 9.11. The van der Waals surface area contributed by atoms with Gasteiger partial charge in [0.05, 0.1) is 17.9 Å². The summed E-state index contributed by atoms with van der Waals surface area (Å²) in [6.45, 7) is 3.71. The van der Waals surface area contributed by atoms with Crippen molar-refractivity contribution in [3.63, 3.8) is 0 Å². The van der Waals surface area contributed by atoms with Crippen molar-refractivity contribution >= 4 is 53.5 Å². The zero-order chi connectivity index (χ0) is 13.1. The van der Waals surface area contributed by atoms with Crippen molar-refractivity contribution in [1.29, 1.82) is 0 Å². The molecule has 0 spiro atoms. The number of rotatable bonds is 4. The summed E-state index contributed by atoms with van der Waals surface area (Å²) in [5, 5.41) is 7.66. The molecule has 6 heteroatoms. The van der Waals surface area contributed by atoms with Gasteiger partial charge in [-0.05, 0) is 57.0 Å². The number of nitrogens with one attached hydrogen (secondary N) is 1. The Morgan fingerprint density at radius 1 is 1.22 bits per heavy atom. The Hall–Kier alpha value is -0.330. The molecule has 0 amide bonds. The molecule has 1 aromatic carbocycles. The lowest BCUT2D eigenvalue weighted by atomic mass is 10.3. The quantitative estimate of drug-likeness (QED) is 0.744. The molecule has 0 aliphatic rings. The summed E-state index contributed by atoms with van der Waals surface area (Å²) < 4.78 is 5.05. The van der Waals surface area contributed by atoms with Gasteiger partial charge < -0.3 is 5.32 Å². The van der Waals surface area contributed by atoms with E-state index in [0.717, 1.165) is 32.2 Å². The molecule has 96 valence electrons. The van der Waals surface area contributed by atoms with Crippen LogP contribution in [0.5, 0.6) is 0 Å². The third kappa shape index (κ3) is 3.16. The number of hydrogen-bond donors (Lipinski definition) is 1. The Bertz CT molecular complexity index is 528. The average molecular weight is 438 g/mol. The highest BCUT2D eigenvalue weighted by atomic mass is 79.9. The summed E-state index contributed by atoms with van der Waals surface area (Å²) in [6.07, 6.45) is 1.83. The maximum atomic E-state index is 4.25. The van der Waals surface area contributed by atoms with E-state index in [1.165, 1.54) is 5.69 Å². The first kappa shape index (κ1) is 14.1. The third-order valence-electron chi connectivity index (χ3n) is 2.56. The van der Waals surface area contributed by atoms with Crippen LogP contribution in [-0.2, 0) is 13.1 Å². The van der Waals surface area contributed by atoms with Crippen molar-refractivity contribution in [2.24, 2.45) is 0 Å². The molecule has 0 unspecified atom stereocenters. The second-order valence-corrected chi connectivity index (χ2v) is 6.36. The summed E-state index contributed by atoms with van der Waals surface area (Å²) in [5.74, 6) is 0. The van der Waals surface area contributed by atoms with E-state index in [0.29, 0.717) is 0 Å². The zero-order valence-corrected chi connectivity index (χ0v) is 14.5. The molecular formula is C12H12Br3N3. The Balaban J connectivity index is 2.16. The second-order valence-electron chi connectivity index (χ2n) is 3.74. The third-order valence-corrected chi connectivity index (χ3v) is 4.27. The number of anilines is 1. The van der Waals surface area contributed by atoms with Crippen molar-refractivity contribution in [2.75, 3.05) is 5.32 Å². The maximum absolute atomic E-state index is 4.25. The topological polar surface area (TPSA) is 29.9 Å². The molecule has 1 aromatic heterocycles. The molecule has 1 heterocycles.